The maximum Gasteiger partial charge on any atom is 0.250 e. The molecule has 32 heavy (non-hydrogen) atoms. The van der Waals surface area contributed by atoms with Gasteiger partial charge in [-0.3, -0.25) is 0 Å². The van der Waals surface area contributed by atoms with Crippen LogP contribution in [0.5, 0.6) is 22.3 Å². The molecule has 0 bridgehead atoms. The predicted molar refractivity (Wildman–Crippen MR) is 123 cm³/mol. The van der Waals surface area contributed by atoms with Crippen molar-refractivity contribution in [3.05, 3.63) is 60.2 Å². The molecule has 168 valence electrons. The van der Waals surface area contributed by atoms with Gasteiger partial charge in [0.2, 0.25) is 16.8 Å². The van der Waals surface area contributed by atoms with Crippen molar-refractivity contribution in [2.45, 2.75) is 10.8 Å². The van der Waals surface area contributed by atoms with Gasteiger partial charge in [0.05, 0.1) is 0 Å². The summed E-state index contributed by atoms with van der Waals surface area (Å²) in [5.41, 5.74) is 1.88. The van der Waals surface area contributed by atoms with E-state index < -0.39 is 10.0 Å². The third-order valence-electron chi connectivity index (χ3n) is 5.24. The topological polar surface area (TPSA) is 89.1 Å². The second-order valence-electron chi connectivity index (χ2n) is 7.42. The standard InChI is InChI=1S/C22H23N3O5S2/c26-32(27,24-14-16-4-5-19-20(12-16)29-15-28-19)22-7-6-21(31-22)30-18-3-1-2-17(13-18)25-10-8-23-9-11-25/h1-7,12-13,23-24H,8-11,14-15H2. The number of nitrogens with zero attached hydrogens (tertiary/aromatic N) is 1. The van der Waals surface area contributed by atoms with Crippen molar-refractivity contribution >= 4 is 27.0 Å². The normalized spacial score (nSPS) is 15.7. The molecule has 2 N–H and O–H groups in total. The average Bonchev–Trinajstić information content (AvgIpc) is 3.48. The molecule has 2 aromatic carbocycles. The van der Waals surface area contributed by atoms with E-state index in [0.717, 1.165) is 48.8 Å². The summed E-state index contributed by atoms with van der Waals surface area (Å²) >= 11 is 1.09. The van der Waals surface area contributed by atoms with Crippen LogP contribution in [0.3, 0.4) is 0 Å². The smallest absolute Gasteiger partial charge is 0.250 e. The quantitative estimate of drug-likeness (QED) is 0.545. The Morgan fingerprint density at radius 3 is 2.75 bits per heavy atom. The molecule has 1 aromatic heterocycles. The van der Waals surface area contributed by atoms with Crippen LogP contribution in [0.1, 0.15) is 5.56 Å². The van der Waals surface area contributed by atoms with Crippen molar-refractivity contribution < 1.29 is 22.6 Å². The highest BCUT2D eigenvalue weighted by Gasteiger charge is 2.19. The maximum absolute atomic E-state index is 12.7. The number of rotatable bonds is 7. The van der Waals surface area contributed by atoms with E-state index in [0.29, 0.717) is 22.3 Å². The fourth-order valence-corrected chi connectivity index (χ4v) is 5.80. The lowest BCUT2D eigenvalue weighted by Gasteiger charge is -2.29. The number of benzene rings is 2. The van der Waals surface area contributed by atoms with Gasteiger partial charge >= 0.3 is 0 Å². The van der Waals surface area contributed by atoms with Gasteiger partial charge in [0, 0.05) is 44.5 Å². The van der Waals surface area contributed by atoms with E-state index >= 15 is 0 Å². The number of ether oxygens (including phenoxy) is 3. The third-order valence-corrected chi connectivity index (χ3v) is 8.10. The number of nitrogens with one attached hydrogen (secondary N) is 2. The van der Waals surface area contributed by atoms with Gasteiger partial charge in [-0.05, 0) is 42.0 Å². The average molecular weight is 474 g/mol. The minimum atomic E-state index is -3.67. The minimum absolute atomic E-state index is 0.153. The number of sulfonamides is 1. The Balaban J connectivity index is 1.24. The molecule has 2 aliphatic heterocycles. The van der Waals surface area contributed by atoms with Crippen LogP contribution in [-0.2, 0) is 16.6 Å². The number of fused-ring (bicyclic) bond motifs is 1. The molecule has 10 heteroatoms. The molecule has 0 radical (unpaired) electrons. The van der Waals surface area contributed by atoms with E-state index in [1.165, 1.54) is 0 Å². The zero-order chi connectivity index (χ0) is 22.0. The molecule has 0 spiro atoms. The highest BCUT2D eigenvalue weighted by Crippen LogP contribution is 2.34. The summed E-state index contributed by atoms with van der Waals surface area (Å²) in [7, 11) is -3.67. The largest absolute Gasteiger partial charge is 0.454 e. The molecule has 2 aliphatic rings. The first kappa shape index (κ1) is 21.1. The summed E-state index contributed by atoms with van der Waals surface area (Å²) in [6, 6.07) is 16.5. The van der Waals surface area contributed by atoms with Crippen LogP contribution in [0.25, 0.3) is 0 Å². The fraction of sp³-hybridized carbons (Fsp3) is 0.273. The summed E-state index contributed by atoms with van der Waals surface area (Å²) in [4.78, 5) is 2.30. The van der Waals surface area contributed by atoms with Crippen LogP contribution in [0, 0.1) is 0 Å². The Labute approximate surface area is 190 Å². The first-order chi connectivity index (χ1) is 15.6. The number of hydrogen-bond donors (Lipinski definition) is 2. The van der Waals surface area contributed by atoms with E-state index in [4.69, 9.17) is 14.2 Å². The summed E-state index contributed by atoms with van der Waals surface area (Å²) in [5.74, 6) is 1.97. The van der Waals surface area contributed by atoms with Crippen LogP contribution in [0.2, 0.25) is 0 Å². The molecule has 1 fully saturated rings. The molecule has 5 rings (SSSR count). The van der Waals surface area contributed by atoms with Crippen molar-refractivity contribution in [3.8, 4) is 22.3 Å². The molecular weight excluding hydrogens is 450 g/mol. The lowest BCUT2D eigenvalue weighted by Crippen LogP contribution is -2.43. The first-order valence-electron chi connectivity index (χ1n) is 10.3. The van der Waals surface area contributed by atoms with E-state index in [-0.39, 0.29) is 17.5 Å². The van der Waals surface area contributed by atoms with E-state index in [1.54, 1.807) is 24.3 Å². The lowest BCUT2D eigenvalue weighted by atomic mass is 10.2. The number of hydrogen-bond acceptors (Lipinski definition) is 8. The molecular formula is C22H23N3O5S2. The Bertz CT molecular complexity index is 1210. The van der Waals surface area contributed by atoms with Gasteiger partial charge in [0.15, 0.2) is 16.6 Å². The van der Waals surface area contributed by atoms with Gasteiger partial charge in [0.1, 0.15) is 9.96 Å². The molecule has 0 amide bonds. The van der Waals surface area contributed by atoms with Crippen molar-refractivity contribution in [1.82, 2.24) is 10.0 Å². The van der Waals surface area contributed by atoms with E-state index in [2.05, 4.69) is 21.0 Å². The first-order valence-corrected chi connectivity index (χ1v) is 12.6. The van der Waals surface area contributed by atoms with Crippen LogP contribution in [-0.4, -0.2) is 41.4 Å². The molecule has 3 heterocycles. The zero-order valence-electron chi connectivity index (χ0n) is 17.2. The number of thiophene rings is 1. The molecule has 0 aliphatic carbocycles. The summed E-state index contributed by atoms with van der Waals surface area (Å²) in [5, 5.41) is 3.86. The van der Waals surface area contributed by atoms with Crippen molar-refractivity contribution in [2.75, 3.05) is 37.9 Å². The zero-order valence-corrected chi connectivity index (χ0v) is 18.9. The molecule has 3 aromatic rings. The highest BCUT2D eigenvalue weighted by molar-refractivity contribution is 7.91. The Kier molecular flexibility index (Phi) is 5.92. The lowest BCUT2D eigenvalue weighted by molar-refractivity contribution is 0.174. The second-order valence-corrected chi connectivity index (χ2v) is 10.5. The Morgan fingerprint density at radius 1 is 1.03 bits per heavy atom. The van der Waals surface area contributed by atoms with Gasteiger partial charge < -0.3 is 24.4 Å². The number of piperazine rings is 1. The van der Waals surface area contributed by atoms with E-state index in [9.17, 15) is 8.42 Å². The molecule has 0 unspecified atom stereocenters. The minimum Gasteiger partial charge on any atom is -0.454 e. The predicted octanol–water partition coefficient (Wildman–Crippen LogP) is 3.16. The Hall–Kier alpha value is -2.79. The monoisotopic (exact) mass is 473 g/mol. The van der Waals surface area contributed by atoms with Gasteiger partial charge in [-0.1, -0.05) is 23.5 Å². The van der Waals surface area contributed by atoms with Gasteiger partial charge in [0.25, 0.3) is 0 Å². The highest BCUT2D eigenvalue weighted by atomic mass is 32.2. The summed E-state index contributed by atoms with van der Waals surface area (Å²) < 4.78 is 44.9. The number of anilines is 1. The molecule has 8 nitrogen and oxygen atoms in total. The van der Waals surface area contributed by atoms with E-state index in [1.807, 2.05) is 24.3 Å². The molecule has 0 saturated carbocycles. The summed E-state index contributed by atoms with van der Waals surface area (Å²) in [6.07, 6.45) is 0. The SMILES string of the molecule is O=S(=O)(NCc1ccc2c(c1)OCO2)c1ccc(Oc2cccc(N3CCNCC3)c2)s1. The van der Waals surface area contributed by atoms with Gasteiger partial charge in [-0.15, -0.1) is 0 Å². The van der Waals surface area contributed by atoms with Crippen LogP contribution in [0.15, 0.2) is 58.8 Å². The van der Waals surface area contributed by atoms with Crippen LogP contribution < -0.4 is 29.1 Å². The third kappa shape index (κ3) is 4.68. The molecule has 1 saturated heterocycles. The maximum atomic E-state index is 12.7. The van der Waals surface area contributed by atoms with Gasteiger partial charge in [-0.25, -0.2) is 13.1 Å². The summed E-state index contributed by atoms with van der Waals surface area (Å²) in [6.45, 7) is 4.13. The fourth-order valence-electron chi connectivity index (χ4n) is 3.59. The van der Waals surface area contributed by atoms with Crippen LogP contribution >= 0.6 is 11.3 Å². The van der Waals surface area contributed by atoms with Crippen molar-refractivity contribution in [1.29, 1.82) is 0 Å². The Morgan fingerprint density at radius 2 is 1.88 bits per heavy atom. The van der Waals surface area contributed by atoms with Crippen molar-refractivity contribution in [2.24, 2.45) is 0 Å². The van der Waals surface area contributed by atoms with Crippen molar-refractivity contribution in [3.63, 3.8) is 0 Å². The van der Waals surface area contributed by atoms with Gasteiger partial charge in [-0.2, -0.15) is 0 Å². The van der Waals surface area contributed by atoms with Crippen LogP contribution in [0.4, 0.5) is 5.69 Å². The molecule has 0 atom stereocenters. The second kappa shape index (κ2) is 8.99.